The number of hydrogen-bond donors (Lipinski definition) is 0. The van der Waals surface area contributed by atoms with E-state index in [1.165, 1.54) is 11.6 Å². The zero-order valence-electron chi connectivity index (χ0n) is 26.3. The van der Waals surface area contributed by atoms with E-state index in [0.29, 0.717) is 44.9 Å². The SMILES string of the molecule is O=C(C[C@@H](c1cccc(OCc2ccccc2)c1)c1cn(Cc2ccccc2)c2ccccc12)N1CCN(c2ccccc2F)CC1. The van der Waals surface area contributed by atoms with Crippen LogP contribution < -0.4 is 9.64 Å². The van der Waals surface area contributed by atoms with Gasteiger partial charge >= 0.3 is 0 Å². The summed E-state index contributed by atoms with van der Waals surface area (Å²) >= 11 is 0. The fourth-order valence-corrected chi connectivity index (χ4v) is 6.64. The van der Waals surface area contributed by atoms with Crippen molar-refractivity contribution in [1.82, 2.24) is 9.47 Å². The number of piperazine rings is 1. The van der Waals surface area contributed by atoms with Crippen LogP contribution in [0.5, 0.6) is 5.75 Å². The highest BCUT2D eigenvalue weighted by molar-refractivity contribution is 5.87. The molecule has 1 aromatic heterocycles. The number of para-hydroxylation sites is 2. The molecule has 1 atom stereocenters. The molecule has 0 N–H and O–H groups in total. The van der Waals surface area contributed by atoms with E-state index >= 15 is 0 Å². The molecule has 5 nitrogen and oxygen atoms in total. The third-order valence-electron chi connectivity index (χ3n) is 9.10. The first-order valence-corrected chi connectivity index (χ1v) is 16.3. The van der Waals surface area contributed by atoms with Gasteiger partial charge in [-0.25, -0.2) is 4.39 Å². The zero-order valence-corrected chi connectivity index (χ0v) is 26.3. The maximum atomic E-state index is 14.5. The number of aromatic nitrogens is 1. The lowest BCUT2D eigenvalue weighted by atomic mass is 9.87. The molecule has 5 aromatic carbocycles. The maximum absolute atomic E-state index is 14.5. The second-order valence-corrected chi connectivity index (χ2v) is 12.1. The number of anilines is 1. The Morgan fingerprint density at radius 3 is 2.17 bits per heavy atom. The van der Waals surface area contributed by atoms with Gasteiger partial charge in [-0.1, -0.05) is 103 Å². The first-order valence-electron chi connectivity index (χ1n) is 16.3. The van der Waals surface area contributed by atoms with Crippen LogP contribution in [-0.2, 0) is 17.9 Å². The molecule has 1 amide bonds. The topological polar surface area (TPSA) is 37.7 Å². The highest BCUT2D eigenvalue weighted by Gasteiger charge is 2.28. The predicted molar refractivity (Wildman–Crippen MR) is 186 cm³/mol. The van der Waals surface area contributed by atoms with Gasteiger partial charge in [0.2, 0.25) is 5.91 Å². The van der Waals surface area contributed by atoms with Crippen LogP contribution in [-0.4, -0.2) is 41.6 Å². The molecule has 0 radical (unpaired) electrons. The molecule has 1 saturated heterocycles. The van der Waals surface area contributed by atoms with Gasteiger partial charge in [0.1, 0.15) is 18.2 Å². The summed E-state index contributed by atoms with van der Waals surface area (Å²) in [6.45, 7) is 3.50. The van der Waals surface area contributed by atoms with E-state index in [1.54, 1.807) is 12.1 Å². The predicted octanol–water partition coefficient (Wildman–Crippen LogP) is 8.28. The summed E-state index contributed by atoms with van der Waals surface area (Å²) in [5, 5.41) is 1.14. The number of rotatable bonds is 10. The molecule has 1 aliphatic heterocycles. The Bertz CT molecular complexity index is 1950. The molecule has 1 fully saturated rings. The monoisotopic (exact) mass is 623 g/mol. The van der Waals surface area contributed by atoms with Gasteiger partial charge in [0, 0.05) is 62.2 Å². The molecule has 1 aliphatic rings. The fourth-order valence-electron chi connectivity index (χ4n) is 6.64. The minimum atomic E-state index is -0.228. The highest BCUT2D eigenvalue weighted by Crippen LogP contribution is 2.37. The number of benzene rings is 5. The summed E-state index contributed by atoms with van der Waals surface area (Å²) in [6, 6.07) is 44.1. The molecule has 2 heterocycles. The van der Waals surface area contributed by atoms with Crippen LogP contribution >= 0.6 is 0 Å². The molecule has 0 saturated carbocycles. The summed E-state index contributed by atoms with van der Waals surface area (Å²) < 4.78 is 23.0. The number of carbonyl (C=O) groups excluding carboxylic acids is 1. The first-order chi connectivity index (χ1) is 23.1. The van der Waals surface area contributed by atoms with Crippen molar-refractivity contribution in [3.63, 3.8) is 0 Å². The molecular formula is C41H38FN3O2. The Balaban J connectivity index is 1.19. The van der Waals surface area contributed by atoms with Crippen molar-refractivity contribution in [2.75, 3.05) is 31.1 Å². The summed E-state index contributed by atoms with van der Waals surface area (Å²) in [7, 11) is 0. The molecular weight excluding hydrogens is 585 g/mol. The maximum Gasteiger partial charge on any atom is 0.223 e. The number of carbonyl (C=O) groups is 1. The van der Waals surface area contributed by atoms with Crippen LogP contribution in [0.4, 0.5) is 10.1 Å². The van der Waals surface area contributed by atoms with E-state index in [0.717, 1.165) is 39.9 Å². The molecule has 236 valence electrons. The van der Waals surface area contributed by atoms with E-state index in [4.69, 9.17) is 4.74 Å². The van der Waals surface area contributed by atoms with E-state index in [-0.39, 0.29) is 17.6 Å². The molecule has 47 heavy (non-hydrogen) atoms. The molecule has 0 bridgehead atoms. The smallest absolute Gasteiger partial charge is 0.223 e. The van der Waals surface area contributed by atoms with Crippen molar-refractivity contribution in [1.29, 1.82) is 0 Å². The number of fused-ring (bicyclic) bond motifs is 1. The average molecular weight is 624 g/mol. The Hall–Kier alpha value is -5.36. The van der Waals surface area contributed by atoms with Crippen molar-refractivity contribution in [2.24, 2.45) is 0 Å². The van der Waals surface area contributed by atoms with E-state index in [9.17, 15) is 9.18 Å². The number of ether oxygens (including phenoxy) is 1. The number of halogens is 1. The van der Waals surface area contributed by atoms with Crippen LogP contribution in [0.15, 0.2) is 140 Å². The van der Waals surface area contributed by atoms with Crippen LogP contribution in [0.25, 0.3) is 10.9 Å². The summed E-state index contributed by atoms with van der Waals surface area (Å²) in [4.78, 5) is 18.1. The minimum Gasteiger partial charge on any atom is -0.489 e. The van der Waals surface area contributed by atoms with Crippen LogP contribution in [0, 0.1) is 5.82 Å². The van der Waals surface area contributed by atoms with Gasteiger partial charge < -0.3 is 19.1 Å². The normalized spacial score (nSPS) is 13.9. The Labute approximate surface area is 275 Å². The largest absolute Gasteiger partial charge is 0.489 e. The number of nitrogens with zero attached hydrogens (tertiary/aromatic N) is 3. The van der Waals surface area contributed by atoms with Gasteiger partial charge in [-0.05, 0) is 52.6 Å². The minimum absolute atomic E-state index is 0.0960. The van der Waals surface area contributed by atoms with Crippen LogP contribution in [0.3, 0.4) is 0 Å². The van der Waals surface area contributed by atoms with Gasteiger partial charge in [-0.2, -0.15) is 0 Å². The molecule has 6 heteroatoms. The van der Waals surface area contributed by atoms with Crippen LogP contribution in [0.1, 0.15) is 34.6 Å². The van der Waals surface area contributed by atoms with Crippen molar-refractivity contribution in [3.8, 4) is 5.75 Å². The Kier molecular flexibility index (Phi) is 9.00. The van der Waals surface area contributed by atoms with E-state index in [2.05, 4.69) is 83.6 Å². The quantitative estimate of drug-likeness (QED) is 0.154. The molecule has 0 unspecified atom stereocenters. The van der Waals surface area contributed by atoms with Crippen molar-refractivity contribution in [3.05, 3.63) is 168 Å². The van der Waals surface area contributed by atoms with E-state index < -0.39 is 0 Å². The number of amides is 1. The van der Waals surface area contributed by atoms with Gasteiger partial charge in [-0.3, -0.25) is 4.79 Å². The lowest BCUT2D eigenvalue weighted by Crippen LogP contribution is -2.49. The number of hydrogen-bond acceptors (Lipinski definition) is 3. The second-order valence-electron chi connectivity index (χ2n) is 12.1. The van der Waals surface area contributed by atoms with E-state index in [1.807, 2.05) is 52.3 Å². The molecule has 0 spiro atoms. The summed E-state index contributed by atoms with van der Waals surface area (Å²) in [5.74, 6) is 0.455. The average Bonchev–Trinajstić information content (AvgIpc) is 3.48. The van der Waals surface area contributed by atoms with Gasteiger partial charge in [0.05, 0.1) is 5.69 Å². The lowest BCUT2D eigenvalue weighted by Gasteiger charge is -2.36. The summed E-state index contributed by atoms with van der Waals surface area (Å²) in [6.07, 6.45) is 2.55. The molecule has 0 aliphatic carbocycles. The van der Waals surface area contributed by atoms with Crippen molar-refractivity contribution < 1.29 is 13.9 Å². The Morgan fingerprint density at radius 2 is 1.40 bits per heavy atom. The van der Waals surface area contributed by atoms with Gasteiger partial charge in [0.15, 0.2) is 0 Å². The Morgan fingerprint density at radius 1 is 0.723 bits per heavy atom. The van der Waals surface area contributed by atoms with Gasteiger partial charge in [0.25, 0.3) is 0 Å². The third kappa shape index (κ3) is 6.92. The van der Waals surface area contributed by atoms with Crippen molar-refractivity contribution >= 4 is 22.5 Å². The lowest BCUT2D eigenvalue weighted by molar-refractivity contribution is -0.131. The second kappa shape index (κ2) is 14.0. The zero-order chi connectivity index (χ0) is 32.0. The molecule has 6 aromatic rings. The third-order valence-corrected chi connectivity index (χ3v) is 9.10. The molecule has 7 rings (SSSR count). The fraction of sp³-hybridized carbons (Fsp3) is 0.195. The standard InChI is InChI=1S/C41H38FN3O2/c42-38-19-8-10-21-40(38)43-22-24-44(25-23-43)41(46)27-36(33-16-11-17-34(26-33)47-30-32-14-5-2-6-15-32)37-29-45(28-31-12-3-1-4-13-31)39-20-9-7-18-35(37)39/h1-21,26,29,36H,22-25,27-28,30H2/t36-/m0/s1. The first kappa shape index (κ1) is 30.3. The van der Waals surface area contributed by atoms with Crippen LogP contribution in [0.2, 0.25) is 0 Å². The van der Waals surface area contributed by atoms with Crippen molar-refractivity contribution in [2.45, 2.75) is 25.5 Å². The summed E-state index contributed by atoms with van der Waals surface area (Å²) in [5.41, 5.74) is 6.21. The van der Waals surface area contributed by atoms with Gasteiger partial charge in [-0.15, -0.1) is 0 Å². The highest BCUT2D eigenvalue weighted by atomic mass is 19.1.